The SMILES string of the molecule is Nc1ccc(Cl)c(-c2nnnn2CC2CCC2)c1. The molecule has 5 nitrogen and oxygen atoms in total. The van der Waals surface area contributed by atoms with Crippen LogP contribution in [0.5, 0.6) is 0 Å². The fourth-order valence-electron chi connectivity index (χ4n) is 2.15. The topological polar surface area (TPSA) is 69.6 Å². The molecule has 94 valence electrons. The van der Waals surface area contributed by atoms with E-state index in [1.807, 2.05) is 10.7 Å². The number of hydrogen-bond donors (Lipinski definition) is 1. The van der Waals surface area contributed by atoms with Crippen molar-refractivity contribution in [2.24, 2.45) is 5.92 Å². The van der Waals surface area contributed by atoms with Crippen LogP contribution in [0.1, 0.15) is 19.3 Å². The summed E-state index contributed by atoms with van der Waals surface area (Å²) in [6, 6.07) is 5.35. The minimum Gasteiger partial charge on any atom is -0.399 e. The van der Waals surface area contributed by atoms with E-state index in [2.05, 4.69) is 15.5 Å². The van der Waals surface area contributed by atoms with Gasteiger partial charge in [-0.25, -0.2) is 4.68 Å². The summed E-state index contributed by atoms with van der Waals surface area (Å²) in [5.74, 6) is 1.38. The number of benzene rings is 1. The number of halogens is 1. The molecule has 2 N–H and O–H groups in total. The molecule has 1 aromatic heterocycles. The highest BCUT2D eigenvalue weighted by atomic mass is 35.5. The Morgan fingerprint density at radius 3 is 2.94 bits per heavy atom. The highest BCUT2D eigenvalue weighted by Crippen LogP contribution is 2.31. The van der Waals surface area contributed by atoms with Crippen LogP contribution in [0.25, 0.3) is 11.4 Å². The van der Waals surface area contributed by atoms with Crippen molar-refractivity contribution in [3.8, 4) is 11.4 Å². The van der Waals surface area contributed by atoms with Crippen molar-refractivity contribution in [1.29, 1.82) is 0 Å². The van der Waals surface area contributed by atoms with Crippen LogP contribution < -0.4 is 5.73 Å². The molecule has 1 fully saturated rings. The first-order valence-electron chi connectivity index (χ1n) is 6.05. The molecule has 0 radical (unpaired) electrons. The molecule has 3 rings (SSSR count). The Morgan fingerprint density at radius 2 is 2.22 bits per heavy atom. The fraction of sp³-hybridized carbons (Fsp3) is 0.417. The minimum atomic E-state index is 0.619. The van der Waals surface area contributed by atoms with Gasteiger partial charge < -0.3 is 5.73 Å². The Balaban J connectivity index is 1.95. The molecule has 0 amide bonds. The molecule has 0 bridgehead atoms. The van der Waals surface area contributed by atoms with E-state index >= 15 is 0 Å². The molecule has 0 unspecified atom stereocenters. The molecular weight excluding hydrogens is 250 g/mol. The molecule has 1 aromatic carbocycles. The third-order valence-corrected chi connectivity index (χ3v) is 3.75. The van der Waals surface area contributed by atoms with Gasteiger partial charge in [0, 0.05) is 17.8 Å². The lowest BCUT2D eigenvalue weighted by atomic mass is 9.85. The van der Waals surface area contributed by atoms with Crippen LogP contribution >= 0.6 is 11.6 Å². The van der Waals surface area contributed by atoms with Crippen molar-refractivity contribution in [1.82, 2.24) is 20.2 Å². The second-order valence-electron chi connectivity index (χ2n) is 4.72. The van der Waals surface area contributed by atoms with Crippen LogP contribution in [-0.4, -0.2) is 20.2 Å². The molecule has 0 spiro atoms. The monoisotopic (exact) mass is 263 g/mol. The maximum atomic E-state index is 6.18. The summed E-state index contributed by atoms with van der Waals surface area (Å²) in [5.41, 5.74) is 7.24. The highest BCUT2D eigenvalue weighted by Gasteiger charge is 2.21. The average Bonchev–Trinajstić information content (AvgIpc) is 2.75. The predicted octanol–water partition coefficient (Wildman–Crippen LogP) is 2.38. The quantitative estimate of drug-likeness (QED) is 0.863. The molecule has 1 aliphatic rings. The maximum Gasteiger partial charge on any atom is 0.183 e. The first kappa shape index (κ1) is 11.5. The van der Waals surface area contributed by atoms with Gasteiger partial charge in [0.05, 0.1) is 5.02 Å². The van der Waals surface area contributed by atoms with Crippen LogP contribution in [-0.2, 0) is 6.54 Å². The normalized spacial score (nSPS) is 15.6. The zero-order valence-corrected chi connectivity index (χ0v) is 10.6. The zero-order valence-electron chi connectivity index (χ0n) is 9.88. The second-order valence-corrected chi connectivity index (χ2v) is 5.13. The lowest BCUT2D eigenvalue weighted by Gasteiger charge is -2.25. The summed E-state index contributed by atoms with van der Waals surface area (Å²) in [6.45, 7) is 0.855. The number of aromatic nitrogens is 4. The first-order valence-corrected chi connectivity index (χ1v) is 6.43. The van der Waals surface area contributed by atoms with Gasteiger partial charge in [0.15, 0.2) is 5.82 Å². The van der Waals surface area contributed by atoms with Crippen LogP contribution in [0, 0.1) is 5.92 Å². The van der Waals surface area contributed by atoms with E-state index in [0.29, 0.717) is 22.5 Å². The van der Waals surface area contributed by atoms with Crippen LogP contribution in [0.4, 0.5) is 5.69 Å². The third kappa shape index (κ3) is 2.06. The Kier molecular flexibility index (Phi) is 2.91. The van der Waals surface area contributed by atoms with Crippen molar-refractivity contribution in [2.45, 2.75) is 25.8 Å². The second kappa shape index (κ2) is 4.57. The summed E-state index contributed by atoms with van der Waals surface area (Å²) in [4.78, 5) is 0. The van der Waals surface area contributed by atoms with E-state index in [-0.39, 0.29) is 0 Å². The Labute approximate surface area is 110 Å². The van der Waals surface area contributed by atoms with E-state index in [9.17, 15) is 0 Å². The minimum absolute atomic E-state index is 0.619. The molecule has 6 heteroatoms. The molecule has 0 saturated heterocycles. The lowest BCUT2D eigenvalue weighted by Crippen LogP contribution is -2.19. The molecule has 0 aliphatic heterocycles. The van der Waals surface area contributed by atoms with E-state index in [1.165, 1.54) is 19.3 Å². The number of anilines is 1. The van der Waals surface area contributed by atoms with Gasteiger partial charge in [-0.2, -0.15) is 0 Å². The van der Waals surface area contributed by atoms with Crippen molar-refractivity contribution in [3.05, 3.63) is 23.2 Å². The number of nitrogen functional groups attached to an aromatic ring is 1. The van der Waals surface area contributed by atoms with Crippen LogP contribution in [0.2, 0.25) is 5.02 Å². The number of hydrogen-bond acceptors (Lipinski definition) is 4. The van der Waals surface area contributed by atoms with Gasteiger partial charge >= 0.3 is 0 Å². The highest BCUT2D eigenvalue weighted by molar-refractivity contribution is 6.33. The van der Waals surface area contributed by atoms with Gasteiger partial charge in [-0.15, -0.1) is 5.10 Å². The number of nitrogens with zero attached hydrogens (tertiary/aromatic N) is 4. The molecule has 1 saturated carbocycles. The molecule has 0 atom stereocenters. The molecule has 18 heavy (non-hydrogen) atoms. The van der Waals surface area contributed by atoms with Gasteiger partial charge in [-0.05, 0) is 47.4 Å². The van der Waals surface area contributed by atoms with Crippen molar-refractivity contribution in [3.63, 3.8) is 0 Å². The van der Waals surface area contributed by atoms with Gasteiger partial charge in [0.2, 0.25) is 0 Å². The Hall–Kier alpha value is -1.62. The number of nitrogens with two attached hydrogens (primary N) is 1. The largest absolute Gasteiger partial charge is 0.399 e. The van der Waals surface area contributed by atoms with Crippen molar-refractivity contribution >= 4 is 17.3 Å². The third-order valence-electron chi connectivity index (χ3n) is 3.42. The van der Waals surface area contributed by atoms with Crippen molar-refractivity contribution < 1.29 is 0 Å². The lowest BCUT2D eigenvalue weighted by molar-refractivity contribution is 0.265. The number of tetrazole rings is 1. The summed E-state index contributed by atoms with van der Waals surface area (Å²) >= 11 is 6.18. The van der Waals surface area contributed by atoms with Crippen molar-refractivity contribution in [2.75, 3.05) is 5.73 Å². The standard InChI is InChI=1S/C12H14ClN5/c13-11-5-4-9(14)6-10(11)12-15-16-17-18(12)7-8-2-1-3-8/h4-6,8H,1-3,7,14H2. The van der Waals surface area contributed by atoms with E-state index < -0.39 is 0 Å². The average molecular weight is 264 g/mol. The molecule has 1 heterocycles. The molecular formula is C12H14ClN5. The van der Waals surface area contributed by atoms with Crippen LogP contribution in [0.3, 0.4) is 0 Å². The van der Waals surface area contributed by atoms with Crippen LogP contribution in [0.15, 0.2) is 18.2 Å². The van der Waals surface area contributed by atoms with Gasteiger partial charge in [-0.3, -0.25) is 0 Å². The summed E-state index contributed by atoms with van der Waals surface area (Å²) < 4.78 is 1.82. The smallest absolute Gasteiger partial charge is 0.183 e. The van der Waals surface area contributed by atoms with E-state index in [0.717, 1.165) is 12.1 Å². The van der Waals surface area contributed by atoms with E-state index in [4.69, 9.17) is 17.3 Å². The first-order chi connectivity index (χ1) is 8.74. The maximum absolute atomic E-state index is 6.18. The molecule has 2 aromatic rings. The van der Waals surface area contributed by atoms with Gasteiger partial charge in [0.1, 0.15) is 0 Å². The van der Waals surface area contributed by atoms with Gasteiger partial charge in [-0.1, -0.05) is 18.0 Å². The Bertz CT molecular complexity index is 561. The summed E-state index contributed by atoms with van der Waals surface area (Å²) in [7, 11) is 0. The zero-order chi connectivity index (χ0) is 12.5. The Morgan fingerprint density at radius 1 is 1.39 bits per heavy atom. The number of rotatable bonds is 3. The van der Waals surface area contributed by atoms with Gasteiger partial charge in [0.25, 0.3) is 0 Å². The summed E-state index contributed by atoms with van der Waals surface area (Å²) in [6.07, 6.45) is 3.81. The fourth-order valence-corrected chi connectivity index (χ4v) is 2.36. The molecule has 1 aliphatic carbocycles. The predicted molar refractivity (Wildman–Crippen MR) is 70.0 cm³/mol. The summed E-state index contributed by atoms with van der Waals surface area (Å²) in [5, 5.41) is 12.5. The van der Waals surface area contributed by atoms with E-state index in [1.54, 1.807) is 12.1 Å².